The van der Waals surface area contributed by atoms with E-state index < -0.39 is 38.1 Å². The summed E-state index contributed by atoms with van der Waals surface area (Å²) in [5.74, 6) is -1.64. The van der Waals surface area contributed by atoms with E-state index in [0.717, 1.165) is 41.1 Å². The first-order valence-corrected chi connectivity index (χ1v) is 18.7. The summed E-state index contributed by atoms with van der Waals surface area (Å²) in [7, 11) is 0.0849. The van der Waals surface area contributed by atoms with Gasteiger partial charge in [-0.05, 0) is 51.0 Å². The van der Waals surface area contributed by atoms with Crippen molar-refractivity contribution >= 4 is 37.1 Å². The summed E-state index contributed by atoms with van der Waals surface area (Å²) in [6.07, 6.45) is 11.2. The summed E-state index contributed by atoms with van der Waals surface area (Å²) >= 11 is 1.04. The van der Waals surface area contributed by atoms with Gasteiger partial charge in [0.2, 0.25) is 0 Å². The van der Waals surface area contributed by atoms with Crippen molar-refractivity contribution in [2.75, 3.05) is 19.5 Å². The van der Waals surface area contributed by atoms with E-state index in [9.17, 15) is 19.5 Å². The number of aliphatic hydroxyl groups is 1. The van der Waals surface area contributed by atoms with Crippen LogP contribution in [0.15, 0.2) is 36.0 Å². The summed E-state index contributed by atoms with van der Waals surface area (Å²) in [4.78, 5) is 37.4. The fourth-order valence-electron chi connectivity index (χ4n) is 4.78. The standard InChI is InChI=1S/C29H47NO8SSi/c1-21(11-9-7-8-10-12-22(2)17-26(32)33)13-14-24-18-23(31)19-29(36-3,38-24)25-20-39-28(35)30(25)27(34)37-15-16-40(4,5)6/h7-9,11,17,21,23-25,31H,10,12-16,18-20H2,1-6H3,(H,32,33)/b8-7+,11-9-,22-17-/t21-,23+,24-,25+,29-/m1/s1. The van der Waals surface area contributed by atoms with Crippen molar-refractivity contribution in [3.05, 3.63) is 36.0 Å². The van der Waals surface area contributed by atoms with Gasteiger partial charge in [-0.1, -0.05) is 68.2 Å². The number of nitrogens with zero attached hydrogens (tertiary/aromatic N) is 1. The molecule has 2 amide bonds. The van der Waals surface area contributed by atoms with Crippen LogP contribution in [-0.2, 0) is 19.0 Å². The Hall–Kier alpha value is -1.92. The van der Waals surface area contributed by atoms with E-state index in [2.05, 4.69) is 32.6 Å². The number of methoxy groups -OCH3 is 1. The summed E-state index contributed by atoms with van der Waals surface area (Å²) in [6.45, 7) is 10.8. The van der Waals surface area contributed by atoms with Gasteiger partial charge in [0.05, 0.1) is 18.8 Å². The van der Waals surface area contributed by atoms with Crippen molar-refractivity contribution in [3.8, 4) is 0 Å². The first-order chi connectivity index (χ1) is 18.8. The summed E-state index contributed by atoms with van der Waals surface area (Å²) in [6, 6.07) is 0.112. The monoisotopic (exact) mass is 597 g/mol. The molecule has 2 N–H and O–H groups in total. The number of aliphatic hydroxyl groups excluding tert-OH is 1. The third-order valence-corrected chi connectivity index (χ3v) is 9.76. The highest BCUT2D eigenvalue weighted by atomic mass is 32.2. The number of carboxylic acids is 1. The molecule has 2 aliphatic heterocycles. The average molecular weight is 598 g/mol. The van der Waals surface area contributed by atoms with Crippen LogP contribution in [0.4, 0.5) is 9.59 Å². The molecule has 0 bridgehead atoms. The molecular weight excluding hydrogens is 550 g/mol. The topological polar surface area (TPSA) is 123 Å². The lowest BCUT2D eigenvalue weighted by Crippen LogP contribution is -2.61. The predicted molar refractivity (Wildman–Crippen MR) is 160 cm³/mol. The van der Waals surface area contributed by atoms with Gasteiger partial charge in [0.25, 0.3) is 5.24 Å². The Morgan fingerprint density at radius 3 is 2.67 bits per heavy atom. The van der Waals surface area contributed by atoms with Crippen LogP contribution in [0.1, 0.15) is 52.4 Å². The quantitative estimate of drug-likeness (QED) is 0.136. The molecule has 0 aromatic rings. The molecule has 0 unspecified atom stereocenters. The number of carbonyl (C=O) groups is 3. The molecule has 0 spiro atoms. The molecule has 0 saturated carbocycles. The van der Waals surface area contributed by atoms with Crippen molar-refractivity contribution < 1.29 is 38.8 Å². The second-order valence-electron chi connectivity index (χ2n) is 12.0. The maximum absolute atomic E-state index is 12.9. The Labute approximate surface area is 244 Å². The first-order valence-electron chi connectivity index (χ1n) is 14.0. The second kappa shape index (κ2) is 15.9. The van der Waals surface area contributed by atoms with E-state index in [1.54, 1.807) is 0 Å². The zero-order valence-electron chi connectivity index (χ0n) is 24.8. The first kappa shape index (κ1) is 34.3. The number of hydrogen-bond donors (Lipinski definition) is 2. The van der Waals surface area contributed by atoms with Crippen LogP contribution in [0.5, 0.6) is 0 Å². The van der Waals surface area contributed by atoms with E-state index in [1.807, 2.05) is 25.2 Å². The fourth-order valence-corrected chi connectivity index (χ4v) is 6.54. The Bertz CT molecular complexity index is 962. The number of aliphatic carboxylic acids is 1. The van der Waals surface area contributed by atoms with Gasteiger partial charge in [-0.3, -0.25) is 4.79 Å². The molecule has 9 nitrogen and oxygen atoms in total. The normalized spacial score (nSPS) is 27.1. The minimum Gasteiger partial charge on any atom is -0.478 e. The highest BCUT2D eigenvalue weighted by Crippen LogP contribution is 2.41. The number of carboxylic acid groups (broad SMARTS) is 1. The molecule has 0 radical (unpaired) electrons. The molecule has 0 aromatic carbocycles. The molecule has 2 fully saturated rings. The van der Waals surface area contributed by atoms with Crippen LogP contribution in [-0.4, -0.2) is 84.0 Å². The van der Waals surface area contributed by atoms with Gasteiger partial charge in [0, 0.05) is 33.4 Å². The number of rotatable bonds is 14. The maximum atomic E-state index is 12.9. The third kappa shape index (κ3) is 11.2. The highest BCUT2D eigenvalue weighted by Gasteiger charge is 2.55. The molecule has 2 aliphatic rings. The summed E-state index contributed by atoms with van der Waals surface area (Å²) in [5, 5.41) is 19.1. The molecule has 2 saturated heterocycles. The zero-order valence-corrected chi connectivity index (χ0v) is 26.6. The number of thioether (sulfide) groups is 1. The van der Waals surface area contributed by atoms with E-state index in [0.29, 0.717) is 25.0 Å². The Kier molecular flexibility index (Phi) is 13.6. The largest absolute Gasteiger partial charge is 0.478 e. The highest BCUT2D eigenvalue weighted by molar-refractivity contribution is 8.14. The molecule has 2 rings (SSSR count). The average Bonchev–Trinajstić information content (AvgIpc) is 3.25. The lowest BCUT2D eigenvalue weighted by atomic mass is 9.90. The Morgan fingerprint density at radius 2 is 2.02 bits per heavy atom. The van der Waals surface area contributed by atoms with Crippen LogP contribution in [0.25, 0.3) is 0 Å². The van der Waals surface area contributed by atoms with Crippen LogP contribution in [0, 0.1) is 5.92 Å². The van der Waals surface area contributed by atoms with E-state index in [-0.39, 0.29) is 30.3 Å². The van der Waals surface area contributed by atoms with Gasteiger partial charge in [-0.15, -0.1) is 0 Å². The number of carbonyl (C=O) groups excluding carboxylic acids is 2. The number of allylic oxidation sites excluding steroid dienone is 5. The van der Waals surface area contributed by atoms with Gasteiger partial charge in [0.1, 0.15) is 6.04 Å². The number of amides is 2. The van der Waals surface area contributed by atoms with E-state index in [4.69, 9.17) is 19.3 Å². The van der Waals surface area contributed by atoms with Gasteiger partial charge >= 0.3 is 12.1 Å². The number of hydrogen-bond acceptors (Lipinski definition) is 8. The summed E-state index contributed by atoms with van der Waals surface area (Å²) in [5.41, 5.74) is 0.832. The molecule has 0 aliphatic carbocycles. The molecule has 0 aromatic heterocycles. The SMILES string of the molecule is CO[C@]1([C@@H]2CSC(=O)N2C(=O)OCC[Si](C)(C)C)C[C@@H](O)C[C@@H](CC[C@H](C)/C=C\C=C\CC/C(C)=C\C(=O)O)O1. The fraction of sp³-hybridized carbons (Fsp3) is 0.690. The molecule has 226 valence electrons. The Balaban J connectivity index is 1.95. The van der Waals surface area contributed by atoms with Crippen LogP contribution < -0.4 is 0 Å². The predicted octanol–water partition coefficient (Wildman–Crippen LogP) is 6.22. The van der Waals surface area contributed by atoms with E-state index >= 15 is 0 Å². The Morgan fingerprint density at radius 1 is 1.30 bits per heavy atom. The minimum absolute atomic E-state index is 0.165. The second-order valence-corrected chi connectivity index (χ2v) is 18.6. The van der Waals surface area contributed by atoms with Gasteiger partial charge < -0.3 is 24.4 Å². The minimum atomic E-state index is -1.41. The number of imide groups is 1. The molecule has 40 heavy (non-hydrogen) atoms. The summed E-state index contributed by atoms with van der Waals surface area (Å²) < 4.78 is 17.8. The lowest BCUT2D eigenvalue weighted by molar-refractivity contribution is -0.302. The van der Waals surface area contributed by atoms with Crippen molar-refractivity contribution in [3.63, 3.8) is 0 Å². The smallest absolute Gasteiger partial charge is 0.417 e. The van der Waals surface area contributed by atoms with Crippen LogP contribution in [0.2, 0.25) is 25.7 Å². The van der Waals surface area contributed by atoms with Gasteiger partial charge in [0.15, 0.2) is 5.79 Å². The van der Waals surface area contributed by atoms with Crippen molar-refractivity contribution in [1.82, 2.24) is 4.90 Å². The molecule has 2 heterocycles. The molecular formula is C29H47NO8SSi. The van der Waals surface area contributed by atoms with Crippen LogP contribution >= 0.6 is 11.8 Å². The van der Waals surface area contributed by atoms with Crippen molar-refractivity contribution in [2.45, 2.75) is 102 Å². The van der Waals surface area contributed by atoms with Gasteiger partial charge in [-0.2, -0.15) is 0 Å². The third-order valence-electron chi connectivity index (χ3n) is 7.13. The zero-order chi connectivity index (χ0) is 29.9. The van der Waals surface area contributed by atoms with Crippen molar-refractivity contribution in [2.24, 2.45) is 5.92 Å². The molecule has 11 heteroatoms. The number of ether oxygens (including phenoxy) is 3. The lowest BCUT2D eigenvalue weighted by Gasteiger charge is -2.46. The van der Waals surface area contributed by atoms with E-state index in [1.165, 1.54) is 13.2 Å². The van der Waals surface area contributed by atoms with Crippen LogP contribution in [0.3, 0.4) is 0 Å². The van der Waals surface area contributed by atoms with Gasteiger partial charge in [-0.25, -0.2) is 14.5 Å². The molecule has 5 atom stereocenters. The van der Waals surface area contributed by atoms with Crippen molar-refractivity contribution in [1.29, 1.82) is 0 Å². The maximum Gasteiger partial charge on any atom is 0.417 e.